The highest BCUT2D eigenvalue weighted by atomic mass is 16.3. The minimum atomic E-state index is -0.673. The van der Waals surface area contributed by atoms with Crippen LogP contribution in [0.15, 0.2) is 24.3 Å². The van der Waals surface area contributed by atoms with Crippen molar-refractivity contribution in [2.45, 2.75) is 51.6 Å². The van der Waals surface area contributed by atoms with Gasteiger partial charge in [0.25, 0.3) is 5.91 Å². The maximum atomic E-state index is 13.0. The Kier molecular flexibility index (Phi) is 5.21. The molecule has 1 N–H and O–H groups in total. The maximum absolute atomic E-state index is 13.0. The Morgan fingerprint density at radius 3 is 2.72 bits per heavy atom. The number of aryl methyl sites for hydroxylation is 1. The Labute approximate surface area is 151 Å². The van der Waals surface area contributed by atoms with Crippen molar-refractivity contribution in [2.75, 3.05) is 33.2 Å². The van der Waals surface area contributed by atoms with E-state index in [0.717, 1.165) is 50.1 Å². The standard InChI is InChI=1S/C21H32N2O2/c1-20(2,25)10-8-17-6-4-7-18(14-17)19(24)23-12-5-9-21(16-23)11-13-22(3)15-21/h4,6-7,14,25H,5,8-13,15-16H2,1-3H3/t21-/m1/s1. The fraction of sp³-hybridized carbons (Fsp3) is 0.667. The topological polar surface area (TPSA) is 43.8 Å². The molecule has 4 nitrogen and oxygen atoms in total. The molecule has 2 heterocycles. The second kappa shape index (κ2) is 7.08. The Morgan fingerprint density at radius 2 is 2.04 bits per heavy atom. The molecule has 0 aromatic heterocycles. The van der Waals surface area contributed by atoms with Gasteiger partial charge < -0.3 is 14.9 Å². The number of likely N-dealkylation sites (tertiary alicyclic amines) is 2. The minimum Gasteiger partial charge on any atom is -0.390 e. The fourth-order valence-corrected chi connectivity index (χ4v) is 4.37. The second-order valence-corrected chi connectivity index (χ2v) is 8.83. The Balaban J connectivity index is 1.68. The summed E-state index contributed by atoms with van der Waals surface area (Å²) in [5.74, 6) is 0.165. The highest BCUT2D eigenvalue weighted by Gasteiger charge is 2.41. The summed E-state index contributed by atoms with van der Waals surface area (Å²) in [6, 6.07) is 7.95. The predicted octanol–water partition coefficient (Wildman–Crippen LogP) is 2.95. The molecule has 2 fully saturated rings. The SMILES string of the molecule is CN1CC[C@]2(CCCN(C(=O)c3cccc(CCC(C)(C)O)c3)C2)C1. The van der Waals surface area contributed by atoms with E-state index in [1.807, 2.05) is 38.1 Å². The summed E-state index contributed by atoms with van der Waals surface area (Å²) in [5, 5.41) is 9.92. The van der Waals surface area contributed by atoms with Crippen LogP contribution in [0.25, 0.3) is 0 Å². The van der Waals surface area contributed by atoms with Gasteiger partial charge >= 0.3 is 0 Å². The van der Waals surface area contributed by atoms with Crippen LogP contribution >= 0.6 is 0 Å². The van der Waals surface area contributed by atoms with Gasteiger partial charge in [0.1, 0.15) is 0 Å². The van der Waals surface area contributed by atoms with Crippen LogP contribution < -0.4 is 0 Å². The molecule has 1 spiro atoms. The Morgan fingerprint density at radius 1 is 1.24 bits per heavy atom. The Hall–Kier alpha value is -1.39. The van der Waals surface area contributed by atoms with E-state index in [0.29, 0.717) is 11.8 Å². The first-order chi connectivity index (χ1) is 11.8. The van der Waals surface area contributed by atoms with Gasteiger partial charge in [-0.05, 0) is 77.2 Å². The molecule has 0 radical (unpaired) electrons. The molecular formula is C21H32N2O2. The molecule has 2 aliphatic rings. The van der Waals surface area contributed by atoms with Crippen molar-refractivity contribution in [1.82, 2.24) is 9.80 Å². The molecule has 2 aliphatic heterocycles. The van der Waals surface area contributed by atoms with E-state index < -0.39 is 5.60 Å². The van der Waals surface area contributed by atoms with Crippen molar-refractivity contribution < 1.29 is 9.90 Å². The first-order valence-electron chi connectivity index (χ1n) is 9.56. The smallest absolute Gasteiger partial charge is 0.253 e. The number of piperidine rings is 1. The number of carbonyl (C=O) groups excluding carboxylic acids is 1. The third-order valence-corrected chi connectivity index (χ3v) is 5.78. The molecular weight excluding hydrogens is 312 g/mol. The van der Waals surface area contributed by atoms with Crippen molar-refractivity contribution in [2.24, 2.45) is 5.41 Å². The van der Waals surface area contributed by atoms with E-state index in [-0.39, 0.29) is 5.91 Å². The van der Waals surface area contributed by atoms with Gasteiger partial charge in [0.05, 0.1) is 5.60 Å². The van der Waals surface area contributed by atoms with Gasteiger partial charge in [0.2, 0.25) is 0 Å². The van der Waals surface area contributed by atoms with E-state index in [1.165, 1.54) is 12.8 Å². The average Bonchev–Trinajstić information content (AvgIpc) is 2.92. The number of amides is 1. The first kappa shape index (κ1) is 18.4. The summed E-state index contributed by atoms with van der Waals surface area (Å²) >= 11 is 0. The van der Waals surface area contributed by atoms with Gasteiger partial charge in [0.15, 0.2) is 0 Å². The molecule has 4 heteroatoms. The average molecular weight is 344 g/mol. The van der Waals surface area contributed by atoms with Crippen molar-refractivity contribution in [3.05, 3.63) is 35.4 Å². The molecule has 1 atom stereocenters. The normalized spacial score (nSPS) is 24.9. The molecule has 3 rings (SSSR count). The van der Waals surface area contributed by atoms with Crippen molar-refractivity contribution in [1.29, 1.82) is 0 Å². The molecule has 0 unspecified atom stereocenters. The van der Waals surface area contributed by atoms with Crippen LogP contribution in [0.4, 0.5) is 0 Å². The van der Waals surface area contributed by atoms with Crippen LogP contribution in [0.5, 0.6) is 0 Å². The van der Waals surface area contributed by atoms with Crippen LogP contribution in [0.1, 0.15) is 55.5 Å². The fourth-order valence-electron chi connectivity index (χ4n) is 4.37. The number of nitrogens with zero attached hydrogens (tertiary/aromatic N) is 2. The molecule has 2 saturated heterocycles. The van der Waals surface area contributed by atoms with Crippen LogP contribution in [0, 0.1) is 5.41 Å². The van der Waals surface area contributed by atoms with Crippen molar-refractivity contribution in [3.8, 4) is 0 Å². The summed E-state index contributed by atoms with van der Waals surface area (Å²) in [7, 11) is 2.18. The zero-order chi connectivity index (χ0) is 18.1. The van der Waals surface area contributed by atoms with Crippen LogP contribution in [0.2, 0.25) is 0 Å². The summed E-state index contributed by atoms with van der Waals surface area (Å²) in [6.45, 7) is 7.68. The van der Waals surface area contributed by atoms with Gasteiger partial charge in [-0.1, -0.05) is 12.1 Å². The number of hydrogen-bond acceptors (Lipinski definition) is 3. The first-order valence-corrected chi connectivity index (χ1v) is 9.56. The van der Waals surface area contributed by atoms with Gasteiger partial charge in [0, 0.05) is 30.6 Å². The van der Waals surface area contributed by atoms with Gasteiger partial charge in [-0.3, -0.25) is 4.79 Å². The molecule has 0 aliphatic carbocycles. The lowest BCUT2D eigenvalue weighted by Gasteiger charge is -2.40. The lowest BCUT2D eigenvalue weighted by molar-refractivity contribution is 0.0534. The van der Waals surface area contributed by atoms with Gasteiger partial charge in [-0.2, -0.15) is 0 Å². The van der Waals surface area contributed by atoms with E-state index in [2.05, 4.69) is 16.8 Å². The molecule has 1 aromatic rings. The van der Waals surface area contributed by atoms with Gasteiger partial charge in [-0.15, -0.1) is 0 Å². The van der Waals surface area contributed by atoms with E-state index in [9.17, 15) is 9.90 Å². The molecule has 0 saturated carbocycles. The number of benzene rings is 1. The summed E-state index contributed by atoms with van der Waals surface area (Å²) in [6.07, 6.45) is 5.05. The summed E-state index contributed by atoms with van der Waals surface area (Å²) < 4.78 is 0. The van der Waals surface area contributed by atoms with Crippen LogP contribution in [-0.4, -0.2) is 59.6 Å². The number of rotatable bonds is 4. The van der Waals surface area contributed by atoms with Crippen LogP contribution in [-0.2, 0) is 6.42 Å². The highest BCUT2D eigenvalue weighted by Crippen LogP contribution is 2.38. The Bertz CT molecular complexity index is 619. The lowest BCUT2D eigenvalue weighted by Crippen LogP contribution is -2.47. The largest absolute Gasteiger partial charge is 0.390 e. The second-order valence-electron chi connectivity index (χ2n) is 8.83. The van der Waals surface area contributed by atoms with Crippen molar-refractivity contribution >= 4 is 5.91 Å². The number of carbonyl (C=O) groups is 1. The van der Waals surface area contributed by atoms with E-state index >= 15 is 0 Å². The zero-order valence-electron chi connectivity index (χ0n) is 15.9. The number of aliphatic hydroxyl groups is 1. The predicted molar refractivity (Wildman–Crippen MR) is 101 cm³/mol. The van der Waals surface area contributed by atoms with E-state index in [1.54, 1.807) is 0 Å². The highest BCUT2D eigenvalue weighted by molar-refractivity contribution is 5.94. The summed E-state index contributed by atoms with van der Waals surface area (Å²) in [5.41, 5.74) is 1.55. The molecule has 1 amide bonds. The quantitative estimate of drug-likeness (QED) is 0.913. The minimum absolute atomic E-state index is 0.165. The summed E-state index contributed by atoms with van der Waals surface area (Å²) in [4.78, 5) is 17.5. The maximum Gasteiger partial charge on any atom is 0.253 e. The molecule has 138 valence electrons. The van der Waals surface area contributed by atoms with Crippen molar-refractivity contribution in [3.63, 3.8) is 0 Å². The zero-order valence-corrected chi connectivity index (χ0v) is 15.9. The molecule has 25 heavy (non-hydrogen) atoms. The molecule has 0 bridgehead atoms. The third kappa shape index (κ3) is 4.62. The van der Waals surface area contributed by atoms with Crippen LogP contribution in [0.3, 0.4) is 0 Å². The van der Waals surface area contributed by atoms with E-state index in [4.69, 9.17) is 0 Å². The van der Waals surface area contributed by atoms with Gasteiger partial charge in [-0.25, -0.2) is 0 Å². The number of hydrogen-bond donors (Lipinski definition) is 1. The monoisotopic (exact) mass is 344 g/mol. The lowest BCUT2D eigenvalue weighted by atomic mass is 9.79. The third-order valence-electron chi connectivity index (χ3n) is 5.78. The molecule has 1 aromatic carbocycles.